The molecule has 0 radical (unpaired) electrons. The van der Waals surface area contributed by atoms with Crippen molar-refractivity contribution in [2.24, 2.45) is 5.16 Å². The zero-order valence-corrected chi connectivity index (χ0v) is 18.0. The van der Waals surface area contributed by atoms with Crippen molar-refractivity contribution in [2.75, 3.05) is 17.8 Å². The minimum atomic E-state index is -4.55. The number of hydrogen-bond acceptors (Lipinski definition) is 10. The number of allylic oxidation sites excluding steroid dienone is 1. The number of thioether (sulfide) groups is 1. The van der Waals surface area contributed by atoms with Crippen molar-refractivity contribution in [1.29, 1.82) is 0 Å². The molecule has 13 nitrogen and oxygen atoms in total. The number of β-lactam (4-membered cyclic amide) rings is 1. The Morgan fingerprint density at radius 1 is 1.52 bits per heavy atom. The number of carbonyl (C=O) groups is 3. The van der Waals surface area contributed by atoms with Gasteiger partial charge in [-0.05, 0) is 5.57 Å². The minimum absolute atomic E-state index is 0.0225. The molecular weight excluding hydrogens is 473 g/mol. The lowest BCUT2D eigenvalue weighted by molar-refractivity contribution is -0.150. The summed E-state index contributed by atoms with van der Waals surface area (Å²) < 4.78 is 10.9. The number of fused-ring (bicyclic) bond motifs is 1. The first-order valence-corrected chi connectivity index (χ1v) is 12.1. The predicted octanol–water partition coefficient (Wildman–Crippen LogP) is -0.494. The molecule has 0 saturated carbocycles. The fourth-order valence-corrected chi connectivity index (χ4v) is 4.87. The van der Waals surface area contributed by atoms with E-state index in [0.717, 1.165) is 16.2 Å². The Labute approximate surface area is 182 Å². The van der Waals surface area contributed by atoms with Gasteiger partial charge in [0, 0.05) is 11.1 Å². The molecule has 1 fully saturated rings. The van der Waals surface area contributed by atoms with Crippen molar-refractivity contribution in [3.05, 3.63) is 35.0 Å². The van der Waals surface area contributed by atoms with Gasteiger partial charge in [-0.2, -0.15) is 0 Å². The van der Waals surface area contributed by atoms with Crippen molar-refractivity contribution in [2.45, 2.75) is 11.4 Å². The number of carbonyl (C=O) groups excluding carboxylic acids is 2. The van der Waals surface area contributed by atoms with Gasteiger partial charge >= 0.3 is 13.6 Å². The summed E-state index contributed by atoms with van der Waals surface area (Å²) in [7, 11) is -4.55. The van der Waals surface area contributed by atoms with E-state index in [1.165, 1.54) is 23.2 Å². The third-order valence-corrected chi connectivity index (χ3v) is 6.52. The fourth-order valence-electron chi connectivity index (χ4n) is 2.78. The van der Waals surface area contributed by atoms with Crippen LogP contribution in [-0.4, -0.2) is 71.8 Å². The summed E-state index contributed by atoms with van der Waals surface area (Å²) in [6.07, 6.45) is 0.288. The van der Waals surface area contributed by atoms with E-state index >= 15 is 0 Å². The number of aromatic nitrogens is 1. The number of oxime groups is 1. The number of carboxylic acids is 1. The summed E-state index contributed by atoms with van der Waals surface area (Å²) in [5.41, 5.74) is 5.28. The Bertz CT molecular complexity index is 1060. The first-order chi connectivity index (χ1) is 14.5. The monoisotopic (exact) mass is 489 g/mol. The van der Waals surface area contributed by atoms with Crippen LogP contribution in [0.1, 0.15) is 5.69 Å². The molecule has 6 N–H and O–H groups in total. The van der Waals surface area contributed by atoms with E-state index < -0.39 is 48.9 Å². The topological polar surface area (TPSA) is 205 Å². The highest BCUT2D eigenvalue weighted by molar-refractivity contribution is 8.00. The Balaban J connectivity index is 1.80. The molecule has 1 aromatic heterocycles. The summed E-state index contributed by atoms with van der Waals surface area (Å²) in [5, 5.41) is 16.1. The number of nitrogen functional groups attached to an aromatic ring is 1. The smallest absolute Gasteiger partial charge is 0.365 e. The molecule has 3 heterocycles. The number of thiazole rings is 1. The maximum absolute atomic E-state index is 12.8. The molecule has 0 aliphatic carbocycles. The standard InChI is InChI=1S/C15H16N5O8PS2/c1-2-6-3-30-13-9(12(22)20(13)10(6)14(23)24)18-11(21)8(7-4-31-15(16)17-7)19-28-5-29(25,26)27/h2,4,9,13H,1,3,5H2,(H2,16,17)(H,18,21)(H,23,24)(H2,25,26,27)/t9?,13-/m0/s1. The second-order valence-electron chi connectivity index (χ2n) is 6.18. The SMILES string of the molecule is C=CC1=C(C(=O)O)N2C(=O)C(NC(=O)C(=NOCP(=O)(O)O)c3csc(N)n3)[C@@H]2SC1. The number of aliphatic carboxylic acids is 1. The molecule has 0 bridgehead atoms. The van der Waals surface area contributed by atoms with E-state index in [9.17, 15) is 24.1 Å². The first kappa shape index (κ1) is 23.0. The molecule has 3 rings (SSSR count). The molecule has 2 aliphatic heterocycles. The molecular formula is C15H16N5O8PS2. The lowest BCUT2D eigenvalue weighted by atomic mass is 10.0. The summed E-state index contributed by atoms with van der Waals surface area (Å²) in [6, 6.07) is -1.05. The van der Waals surface area contributed by atoms with E-state index in [0.29, 0.717) is 5.57 Å². The van der Waals surface area contributed by atoms with E-state index in [4.69, 9.17) is 15.5 Å². The summed E-state index contributed by atoms with van der Waals surface area (Å²) in [6.45, 7) is 3.55. The quantitative estimate of drug-likeness (QED) is 0.136. The van der Waals surface area contributed by atoms with Gasteiger partial charge in [0.25, 0.3) is 11.8 Å². The molecule has 16 heteroatoms. The van der Waals surface area contributed by atoms with Crippen LogP contribution < -0.4 is 11.1 Å². The van der Waals surface area contributed by atoms with Crippen LogP contribution in [0.2, 0.25) is 0 Å². The minimum Gasteiger partial charge on any atom is -0.477 e. The van der Waals surface area contributed by atoms with Crippen molar-refractivity contribution in [3.8, 4) is 0 Å². The van der Waals surface area contributed by atoms with Crippen molar-refractivity contribution < 1.29 is 38.7 Å². The van der Waals surface area contributed by atoms with Crippen LogP contribution in [0.5, 0.6) is 0 Å². The lowest BCUT2D eigenvalue weighted by Gasteiger charge is -2.49. The van der Waals surface area contributed by atoms with Gasteiger partial charge in [-0.25, -0.2) is 9.78 Å². The van der Waals surface area contributed by atoms with Gasteiger partial charge in [0.15, 0.2) is 10.8 Å². The average Bonchev–Trinajstić information content (AvgIpc) is 3.12. The van der Waals surface area contributed by atoms with Crippen molar-refractivity contribution >= 4 is 59.3 Å². The number of hydrogen-bond donors (Lipinski definition) is 5. The number of nitrogens with one attached hydrogen (secondary N) is 1. The zero-order chi connectivity index (χ0) is 22.9. The van der Waals surface area contributed by atoms with Crippen LogP contribution in [0.25, 0.3) is 0 Å². The second-order valence-corrected chi connectivity index (χ2v) is 9.76. The van der Waals surface area contributed by atoms with Crippen LogP contribution in [-0.2, 0) is 23.8 Å². The number of nitrogens with zero attached hydrogens (tertiary/aromatic N) is 3. The summed E-state index contributed by atoms with van der Waals surface area (Å²) >= 11 is 2.23. The highest BCUT2D eigenvalue weighted by Gasteiger charge is 2.54. The number of rotatable bonds is 8. The molecule has 1 unspecified atom stereocenters. The van der Waals surface area contributed by atoms with Gasteiger partial charge in [0.05, 0.1) is 0 Å². The van der Waals surface area contributed by atoms with Gasteiger partial charge in [-0.3, -0.25) is 19.1 Å². The Morgan fingerprint density at radius 3 is 2.77 bits per heavy atom. The van der Waals surface area contributed by atoms with Gasteiger partial charge in [-0.1, -0.05) is 17.8 Å². The Hall–Kier alpha value is -2.71. The second kappa shape index (κ2) is 8.80. The maximum atomic E-state index is 12.8. The van der Waals surface area contributed by atoms with Gasteiger partial charge < -0.3 is 30.8 Å². The van der Waals surface area contributed by atoms with Crippen molar-refractivity contribution in [3.63, 3.8) is 0 Å². The van der Waals surface area contributed by atoms with Crippen LogP contribution in [0, 0.1) is 0 Å². The highest BCUT2D eigenvalue weighted by atomic mass is 32.2. The number of nitrogens with two attached hydrogens (primary N) is 1. The van der Waals surface area contributed by atoms with Crippen LogP contribution in [0.3, 0.4) is 0 Å². The predicted molar refractivity (Wildman–Crippen MR) is 111 cm³/mol. The van der Waals surface area contributed by atoms with E-state index in [1.54, 1.807) is 0 Å². The zero-order valence-electron chi connectivity index (χ0n) is 15.5. The molecule has 1 aromatic rings. The largest absolute Gasteiger partial charge is 0.477 e. The number of carboxylic acid groups (broad SMARTS) is 1. The molecule has 0 spiro atoms. The molecule has 0 aromatic carbocycles. The molecule has 2 aliphatic rings. The van der Waals surface area contributed by atoms with Crippen LogP contribution in [0.4, 0.5) is 5.13 Å². The fraction of sp³-hybridized carbons (Fsp3) is 0.267. The molecule has 2 amide bonds. The molecule has 1 saturated heterocycles. The summed E-state index contributed by atoms with van der Waals surface area (Å²) in [5.74, 6) is -2.56. The maximum Gasteiger partial charge on any atom is 0.365 e. The molecule has 2 atom stereocenters. The molecule has 166 valence electrons. The molecule has 31 heavy (non-hydrogen) atoms. The average molecular weight is 489 g/mol. The third kappa shape index (κ3) is 4.80. The van der Waals surface area contributed by atoms with Crippen LogP contribution in [0.15, 0.2) is 34.5 Å². The van der Waals surface area contributed by atoms with E-state index in [-0.39, 0.29) is 22.3 Å². The van der Waals surface area contributed by atoms with Gasteiger partial charge in [0.2, 0.25) is 6.35 Å². The number of amides is 2. The lowest BCUT2D eigenvalue weighted by Crippen LogP contribution is -2.71. The third-order valence-electron chi connectivity index (χ3n) is 4.09. The van der Waals surface area contributed by atoms with E-state index in [1.807, 2.05) is 0 Å². The summed E-state index contributed by atoms with van der Waals surface area (Å²) in [4.78, 5) is 64.2. The van der Waals surface area contributed by atoms with Gasteiger partial charge in [0.1, 0.15) is 22.8 Å². The highest BCUT2D eigenvalue weighted by Crippen LogP contribution is 2.40. The number of anilines is 1. The first-order valence-electron chi connectivity index (χ1n) is 8.33. The normalized spacial score (nSPS) is 21.3. The van der Waals surface area contributed by atoms with Crippen molar-refractivity contribution in [1.82, 2.24) is 15.2 Å². The van der Waals surface area contributed by atoms with Crippen LogP contribution >= 0.6 is 30.7 Å². The van der Waals surface area contributed by atoms with E-state index in [2.05, 4.69) is 26.9 Å². The Morgan fingerprint density at radius 2 is 2.23 bits per heavy atom. The Kier molecular flexibility index (Phi) is 6.52. The van der Waals surface area contributed by atoms with Gasteiger partial charge in [-0.15, -0.1) is 23.1 Å².